The van der Waals surface area contributed by atoms with Gasteiger partial charge in [-0.3, -0.25) is 14.5 Å². The summed E-state index contributed by atoms with van der Waals surface area (Å²) in [5.74, 6) is 1.51. The number of ether oxygens (including phenoxy) is 2. The normalized spacial score (nSPS) is 30.4. The van der Waals surface area contributed by atoms with Crippen molar-refractivity contribution >= 4 is 11.8 Å². The van der Waals surface area contributed by atoms with Gasteiger partial charge in [-0.2, -0.15) is 0 Å². The molecule has 1 aromatic rings. The first kappa shape index (κ1) is 28.0. The van der Waals surface area contributed by atoms with Gasteiger partial charge in [0.1, 0.15) is 0 Å². The van der Waals surface area contributed by atoms with E-state index in [-0.39, 0.29) is 17.8 Å². The van der Waals surface area contributed by atoms with E-state index in [1.54, 1.807) is 0 Å². The molecule has 3 fully saturated rings. The number of allylic oxidation sites excluding steroid dienone is 2. The predicted octanol–water partition coefficient (Wildman–Crippen LogP) is 6.20. The molecule has 6 nitrogen and oxygen atoms in total. The zero-order chi connectivity index (χ0) is 27.7. The molecular formula is C34H47NO5. The Balaban J connectivity index is 1.09. The summed E-state index contributed by atoms with van der Waals surface area (Å²) in [6.07, 6.45) is 19.3. The van der Waals surface area contributed by atoms with E-state index in [0.29, 0.717) is 37.2 Å². The van der Waals surface area contributed by atoms with E-state index < -0.39 is 17.1 Å². The Kier molecular flexibility index (Phi) is 8.11. The van der Waals surface area contributed by atoms with E-state index in [4.69, 9.17) is 9.47 Å². The zero-order valence-electron chi connectivity index (χ0n) is 24.3. The van der Waals surface area contributed by atoms with E-state index >= 15 is 0 Å². The molecule has 2 bridgehead atoms. The fourth-order valence-electron chi connectivity index (χ4n) is 8.13. The van der Waals surface area contributed by atoms with Crippen LogP contribution in [0.3, 0.4) is 0 Å². The van der Waals surface area contributed by atoms with E-state index in [0.717, 1.165) is 62.2 Å². The Labute approximate surface area is 239 Å². The number of hydrogen-bond acceptors (Lipinski definition) is 6. The number of nitrogens with zero attached hydrogens (tertiary/aromatic N) is 1. The summed E-state index contributed by atoms with van der Waals surface area (Å²) in [7, 11) is 0. The summed E-state index contributed by atoms with van der Waals surface area (Å²) in [5, 5.41) is 12.4. The third kappa shape index (κ3) is 4.93. The van der Waals surface area contributed by atoms with Gasteiger partial charge < -0.3 is 14.6 Å². The molecule has 1 saturated heterocycles. The molecule has 40 heavy (non-hydrogen) atoms. The number of likely N-dealkylation sites (tertiary alicyclic amines) is 1. The minimum absolute atomic E-state index is 0.00461. The molecule has 218 valence electrons. The van der Waals surface area contributed by atoms with Crippen molar-refractivity contribution < 1.29 is 24.2 Å². The second-order valence-corrected chi connectivity index (χ2v) is 13.1. The van der Waals surface area contributed by atoms with Crippen LogP contribution in [0.15, 0.2) is 24.3 Å². The average Bonchev–Trinajstić information content (AvgIpc) is 3.68. The van der Waals surface area contributed by atoms with Crippen LogP contribution < -0.4 is 9.47 Å². The summed E-state index contributed by atoms with van der Waals surface area (Å²) in [5.41, 5.74) is 0.362. The first-order valence-corrected chi connectivity index (χ1v) is 16.2. The highest BCUT2D eigenvalue weighted by Gasteiger charge is 2.73. The second-order valence-electron chi connectivity index (χ2n) is 13.1. The lowest BCUT2D eigenvalue weighted by Gasteiger charge is -2.62. The van der Waals surface area contributed by atoms with Gasteiger partial charge in [0.15, 0.2) is 23.4 Å². The number of esters is 1. The number of carbonyl (C=O) groups is 2. The van der Waals surface area contributed by atoms with Crippen LogP contribution in [-0.2, 0) is 21.4 Å². The van der Waals surface area contributed by atoms with Crippen molar-refractivity contribution in [1.29, 1.82) is 0 Å². The maximum atomic E-state index is 13.2. The monoisotopic (exact) mass is 549 g/mol. The van der Waals surface area contributed by atoms with Crippen LogP contribution in [0.5, 0.6) is 11.5 Å². The van der Waals surface area contributed by atoms with Crippen molar-refractivity contribution in [3.05, 3.63) is 35.4 Å². The molecule has 1 N–H and O–H groups in total. The molecule has 0 aromatic heterocycles. The molecule has 1 unspecified atom stereocenters. The smallest absolute Gasteiger partial charge is 0.311 e. The van der Waals surface area contributed by atoms with Gasteiger partial charge in [-0.1, -0.05) is 57.2 Å². The van der Waals surface area contributed by atoms with Crippen LogP contribution in [0.2, 0.25) is 0 Å². The van der Waals surface area contributed by atoms with Crippen LogP contribution in [-0.4, -0.2) is 52.6 Å². The molecular weight excluding hydrogens is 502 g/mol. The molecule has 4 atom stereocenters. The number of carbonyl (C=O) groups excluding carboxylic acids is 2. The van der Waals surface area contributed by atoms with Crippen molar-refractivity contribution in [3.8, 4) is 11.5 Å². The van der Waals surface area contributed by atoms with Crippen molar-refractivity contribution in [1.82, 2.24) is 4.90 Å². The van der Waals surface area contributed by atoms with Gasteiger partial charge in [-0.15, -0.1) is 0 Å². The average molecular weight is 550 g/mol. The van der Waals surface area contributed by atoms with E-state index in [2.05, 4.69) is 30.0 Å². The Bertz CT molecular complexity index is 1140. The largest absolute Gasteiger partial charge is 0.477 e. The van der Waals surface area contributed by atoms with Crippen LogP contribution >= 0.6 is 0 Å². The third-order valence-electron chi connectivity index (χ3n) is 10.4. The van der Waals surface area contributed by atoms with Gasteiger partial charge in [0.2, 0.25) is 0 Å². The highest BCUT2D eigenvalue weighted by molar-refractivity contribution is 5.90. The van der Waals surface area contributed by atoms with Crippen LogP contribution in [0.25, 0.3) is 0 Å². The standard InChI is InChI=1S/C34H47NO5/c1-2-3-4-5-6-7-8-9-10-11-12-13-29(37)39-27-17-16-25-22-28-34(38)19-18-26(36)32-33(34,30(25)31(27)40-32)20-21-35(28)23-24-14-15-24/h5-6,16-17,24,28,32,38H,2-4,7-15,18-23H2,1H3/b6-5-/t28?,32-,33-,34+/m0/s1. The lowest BCUT2D eigenvalue weighted by molar-refractivity contribution is -0.188. The topological polar surface area (TPSA) is 76.1 Å². The SMILES string of the molecule is CCCC/C=C\CCCCCCCC(=O)Oc1ccc2c3c1O[C@H]1C(=O)CC[C@@]4(O)C(C2)N(CC2CC2)CC[C@]314. The summed E-state index contributed by atoms with van der Waals surface area (Å²) in [6, 6.07) is 3.91. The van der Waals surface area contributed by atoms with Gasteiger partial charge in [-0.05, 0) is 81.9 Å². The van der Waals surface area contributed by atoms with Crippen molar-refractivity contribution in [2.75, 3.05) is 13.1 Å². The first-order chi connectivity index (χ1) is 19.5. The molecule has 6 heteroatoms. The van der Waals surface area contributed by atoms with Crippen LogP contribution in [0.1, 0.15) is 114 Å². The Morgan fingerprint density at radius 3 is 2.67 bits per heavy atom. The molecule has 0 radical (unpaired) electrons. The van der Waals surface area contributed by atoms with Gasteiger partial charge in [0.25, 0.3) is 0 Å². The number of rotatable bonds is 14. The van der Waals surface area contributed by atoms with E-state index in [1.165, 1.54) is 44.9 Å². The predicted molar refractivity (Wildman–Crippen MR) is 155 cm³/mol. The molecule has 2 heterocycles. The molecule has 2 saturated carbocycles. The second kappa shape index (κ2) is 11.6. The lowest BCUT2D eigenvalue weighted by atomic mass is 9.49. The van der Waals surface area contributed by atoms with Crippen molar-refractivity contribution in [2.45, 2.75) is 133 Å². The number of hydrogen-bond donors (Lipinski definition) is 1. The minimum Gasteiger partial charge on any atom is -0.477 e. The van der Waals surface area contributed by atoms with Gasteiger partial charge in [0.05, 0.1) is 11.0 Å². The molecule has 3 aliphatic carbocycles. The molecule has 6 rings (SSSR count). The number of aliphatic hydroxyl groups is 1. The minimum atomic E-state index is -0.995. The Morgan fingerprint density at radius 2 is 1.88 bits per heavy atom. The Hall–Kier alpha value is -2.18. The molecule has 0 amide bonds. The van der Waals surface area contributed by atoms with Gasteiger partial charge in [-0.25, -0.2) is 0 Å². The van der Waals surface area contributed by atoms with Crippen LogP contribution in [0, 0.1) is 5.92 Å². The molecule has 1 spiro atoms. The Morgan fingerprint density at radius 1 is 1.10 bits per heavy atom. The summed E-state index contributed by atoms with van der Waals surface area (Å²) >= 11 is 0. The molecule has 2 aliphatic heterocycles. The van der Waals surface area contributed by atoms with E-state index in [9.17, 15) is 14.7 Å². The van der Waals surface area contributed by atoms with Crippen molar-refractivity contribution in [3.63, 3.8) is 0 Å². The fraction of sp³-hybridized carbons (Fsp3) is 0.706. The number of benzene rings is 1. The van der Waals surface area contributed by atoms with Gasteiger partial charge in [0, 0.05) is 31.0 Å². The number of ketones is 1. The van der Waals surface area contributed by atoms with Crippen molar-refractivity contribution in [2.24, 2.45) is 5.92 Å². The lowest BCUT2D eigenvalue weighted by Crippen LogP contribution is -2.76. The summed E-state index contributed by atoms with van der Waals surface area (Å²) in [6.45, 7) is 4.13. The number of Topliss-reactive ketones (excluding diaryl/α,β-unsaturated/α-hetero) is 1. The first-order valence-electron chi connectivity index (χ1n) is 16.2. The summed E-state index contributed by atoms with van der Waals surface area (Å²) in [4.78, 5) is 28.6. The third-order valence-corrected chi connectivity index (χ3v) is 10.4. The molecule has 5 aliphatic rings. The maximum Gasteiger partial charge on any atom is 0.311 e. The van der Waals surface area contributed by atoms with E-state index in [1.807, 2.05) is 6.07 Å². The quantitative estimate of drug-likeness (QED) is 0.129. The van der Waals surface area contributed by atoms with Gasteiger partial charge >= 0.3 is 5.97 Å². The highest BCUT2D eigenvalue weighted by atomic mass is 16.6. The molecule has 1 aromatic carbocycles. The van der Waals surface area contributed by atoms with Crippen LogP contribution in [0.4, 0.5) is 0 Å². The maximum absolute atomic E-state index is 13.2. The highest BCUT2D eigenvalue weighted by Crippen LogP contribution is 2.65. The number of piperidine rings is 1. The fourth-order valence-corrected chi connectivity index (χ4v) is 8.13. The summed E-state index contributed by atoms with van der Waals surface area (Å²) < 4.78 is 12.3. The zero-order valence-corrected chi connectivity index (χ0v) is 24.3. The number of unbranched alkanes of at least 4 members (excludes halogenated alkanes) is 7.